The average Bonchev–Trinajstić information content (AvgIpc) is 3.72. The van der Waals surface area contributed by atoms with Gasteiger partial charge in [0, 0.05) is 18.7 Å². The van der Waals surface area contributed by atoms with Crippen LogP contribution in [-0.2, 0) is 44.4 Å². The molecule has 5 aromatic rings. The predicted octanol–water partition coefficient (Wildman–Crippen LogP) is 5.53. The molecule has 4 amide bonds. The van der Waals surface area contributed by atoms with E-state index in [-0.39, 0.29) is 57.4 Å². The Morgan fingerprint density at radius 3 is 1.44 bits per heavy atom. The van der Waals surface area contributed by atoms with Gasteiger partial charge in [-0.2, -0.15) is 0 Å². The summed E-state index contributed by atoms with van der Waals surface area (Å²) in [7, 11) is -1.59. The minimum Gasteiger partial charge on any atom is -0.390 e. The highest BCUT2D eigenvalue weighted by atomic mass is 19.1. The first-order chi connectivity index (χ1) is 33.5. The maximum atomic E-state index is 16.5. The van der Waals surface area contributed by atoms with Crippen molar-refractivity contribution in [1.82, 2.24) is 21.4 Å². The number of benzene rings is 5. The number of amides is 4. The summed E-state index contributed by atoms with van der Waals surface area (Å²) in [6.07, 6.45) is -1.70. The topological polar surface area (TPSA) is 194 Å². The van der Waals surface area contributed by atoms with Gasteiger partial charge >= 0.3 is 7.12 Å². The largest absolute Gasteiger partial charge is 0.501 e. The van der Waals surface area contributed by atoms with E-state index in [1.54, 1.807) is 34.6 Å². The highest BCUT2D eigenvalue weighted by molar-refractivity contribution is 6.62. The van der Waals surface area contributed by atoms with Crippen LogP contribution in [0.25, 0.3) is 0 Å². The van der Waals surface area contributed by atoms with Crippen molar-refractivity contribution in [3.8, 4) is 0 Å². The lowest BCUT2D eigenvalue weighted by Crippen LogP contribution is -2.57. The number of hydrogen-bond acceptors (Lipinski definition) is 10. The summed E-state index contributed by atoms with van der Waals surface area (Å²) in [4.78, 5) is 51.5. The van der Waals surface area contributed by atoms with Crippen molar-refractivity contribution < 1.29 is 57.1 Å². The normalized spacial score (nSPS) is 15.4. The molecule has 5 aromatic carbocycles. The molecule has 17 heteroatoms. The molecule has 6 N–H and O–H groups in total. The van der Waals surface area contributed by atoms with Gasteiger partial charge in [0.15, 0.2) is 0 Å². The molecule has 1 saturated heterocycles. The number of carbonyl (C=O) groups is 4. The highest BCUT2D eigenvalue weighted by Crippen LogP contribution is 2.58. The van der Waals surface area contributed by atoms with Gasteiger partial charge in [0.05, 0.1) is 37.8 Å². The Hall–Kier alpha value is -6.34. The summed E-state index contributed by atoms with van der Waals surface area (Å²) >= 11 is 0. The van der Waals surface area contributed by atoms with Gasteiger partial charge in [-0.05, 0) is 52.1 Å². The van der Waals surface area contributed by atoms with Crippen LogP contribution in [0.3, 0.4) is 0 Å². The second kappa shape index (κ2) is 24.0. The molecule has 0 bridgehead atoms. The summed E-state index contributed by atoms with van der Waals surface area (Å²) in [6.45, 7) is 9.40. The lowest BCUT2D eigenvalue weighted by molar-refractivity contribution is -0.147. The number of aliphatic hydroxyl groups is 1. The molecule has 1 aliphatic rings. The van der Waals surface area contributed by atoms with E-state index >= 15 is 8.78 Å². The fourth-order valence-electron chi connectivity index (χ4n) is 8.75. The first-order valence-corrected chi connectivity index (χ1v) is 23.3. The molecule has 70 heavy (non-hydrogen) atoms. The zero-order chi connectivity index (χ0) is 50.5. The number of ether oxygens (including phenoxy) is 2. The van der Waals surface area contributed by atoms with Crippen LogP contribution >= 0.6 is 0 Å². The molecule has 0 saturated carbocycles. The van der Waals surface area contributed by atoms with Crippen molar-refractivity contribution in [2.75, 3.05) is 39.5 Å². The molecule has 0 spiro atoms. The predicted molar refractivity (Wildman–Crippen MR) is 258 cm³/mol. The zero-order valence-corrected chi connectivity index (χ0v) is 40.0. The molecule has 0 aliphatic carbocycles. The van der Waals surface area contributed by atoms with E-state index in [1.807, 2.05) is 121 Å². The SMILES string of the molecule is CC(C)C[C@H](C(=O)N[C@@H](C(=O)NCCOCCOCCNC(=O)c1cc(F)c(B2OC(c3ccccc3)(c3ccccc3)C(c3ccccc3)(c3ccccc3)O2)c(F)c1)C(C)(C)C)[C@@H](O)C(=O)NO. The van der Waals surface area contributed by atoms with Crippen LogP contribution in [0.15, 0.2) is 133 Å². The van der Waals surface area contributed by atoms with Gasteiger partial charge < -0.3 is 39.8 Å². The van der Waals surface area contributed by atoms with E-state index in [9.17, 15) is 24.3 Å². The van der Waals surface area contributed by atoms with Gasteiger partial charge in [0.1, 0.15) is 35.0 Å². The van der Waals surface area contributed by atoms with E-state index in [2.05, 4.69) is 16.0 Å². The number of hydrogen-bond donors (Lipinski definition) is 6. The van der Waals surface area contributed by atoms with Gasteiger partial charge in [-0.3, -0.25) is 24.4 Å². The summed E-state index contributed by atoms with van der Waals surface area (Å²) in [6, 6.07) is 38.6. The Morgan fingerprint density at radius 2 is 1.06 bits per heavy atom. The van der Waals surface area contributed by atoms with E-state index in [0.29, 0.717) is 22.3 Å². The monoisotopic (exact) mass is 962 g/mol. The van der Waals surface area contributed by atoms with Gasteiger partial charge in [-0.25, -0.2) is 14.3 Å². The van der Waals surface area contributed by atoms with Crippen molar-refractivity contribution in [2.45, 2.75) is 64.4 Å². The molecule has 0 aromatic heterocycles. The number of halogens is 2. The first kappa shape index (κ1) is 53.0. The second-order valence-corrected chi connectivity index (χ2v) is 18.5. The first-order valence-electron chi connectivity index (χ1n) is 23.3. The highest BCUT2D eigenvalue weighted by Gasteiger charge is 2.66. The summed E-state index contributed by atoms with van der Waals surface area (Å²) in [5.74, 6) is -6.44. The standard InChI is InChI=1S/C53H61BF2N4O10/c1-35(2)32-41(45(61)49(64)60-66)48(63)59-46(51(3,4)5)50(65)58-27-29-68-31-30-67-28-26-57-47(62)36-33-42(55)44(43(56)34-36)54-69-52(37-18-10-6-11-19-37,38-20-12-7-13-21-38)53(70-54,39-22-14-8-15-23-39)40-24-16-9-17-25-40/h6-25,33-35,41,45-46,61,66H,26-32H2,1-5H3,(H,57,62)(H,58,65)(H,59,63)(H,60,64)/t41-,45+,46-/m0/s1. The summed E-state index contributed by atoms with van der Waals surface area (Å²) in [5.41, 5.74) is -0.367. The lowest BCUT2D eigenvalue weighted by atomic mass is 9.66. The van der Waals surface area contributed by atoms with Gasteiger partial charge in [-0.15, -0.1) is 0 Å². The summed E-state index contributed by atoms with van der Waals surface area (Å²) < 4.78 is 58.1. The van der Waals surface area contributed by atoms with E-state index in [4.69, 9.17) is 24.0 Å². The van der Waals surface area contributed by atoms with Crippen LogP contribution in [0.1, 0.15) is 73.7 Å². The number of rotatable bonds is 22. The van der Waals surface area contributed by atoms with Crippen molar-refractivity contribution in [2.24, 2.45) is 17.3 Å². The molecular formula is C53H61BF2N4O10. The van der Waals surface area contributed by atoms with Crippen LogP contribution < -0.4 is 26.9 Å². The molecule has 0 unspecified atom stereocenters. The van der Waals surface area contributed by atoms with Crippen molar-refractivity contribution in [3.63, 3.8) is 0 Å². The minimum absolute atomic E-state index is 0.0156. The number of carbonyl (C=O) groups excluding carboxylic acids is 4. The minimum atomic E-state index is -1.82. The third-order valence-corrected chi connectivity index (χ3v) is 12.0. The van der Waals surface area contributed by atoms with Crippen molar-refractivity contribution in [1.29, 1.82) is 0 Å². The van der Waals surface area contributed by atoms with Crippen LogP contribution in [0.4, 0.5) is 8.78 Å². The van der Waals surface area contributed by atoms with Crippen LogP contribution in [0, 0.1) is 28.9 Å². The lowest BCUT2D eigenvalue weighted by Gasteiger charge is -2.46. The molecule has 3 atom stereocenters. The van der Waals surface area contributed by atoms with Crippen LogP contribution in [0.5, 0.6) is 0 Å². The molecule has 1 aliphatic heterocycles. The van der Waals surface area contributed by atoms with Crippen molar-refractivity contribution in [3.05, 3.63) is 173 Å². The van der Waals surface area contributed by atoms with E-state index in [1.165, 1.54) is 5.48 Å². The molecule has 0 radical (unpaired) electrons. The van der Waals surface area contributed by atoms with Crippen LogP contribution in [-0.4, -0.2) is 92.7 Å². The van der Waals surface area contributed by atoms with Gasteiger partial charge in [0.2, 0.25) is 11.8 Å². The smallest absolute Gasteiger partial charge is 0.390 e. The van der Waals surface area contributed by atoms with Gasteiger partial charge in [-0.1, -0.05) is 156 Å². The van der Waals surface area contributed by atoms with E-state index in [0.717, 1.165) is 12.1 Å². The van der Waals surface area contributed by atoms with Gasteiger partial charge in [0.25, 0.3) is 11.8 Å². The molecule has 14 nitrogen and oxygen atoms in total. The maximum Gasteiger partial charge on any atom is 0.501 e. The molecule has 1 fully saturated rings. The fraction of sp³-hybridized carbons (Fsp3) is 0.358. The Kier molecular flexibility index (Phi) is 18.2. The third kappa shape index (κ3) is 12.0. The number of aliphatic hydroxyl groups excluding tert-OH is 1. The molecule has 370 valence electrons. The average molecular weight is 963 g/mol. The number of nitrogens with one attached hydrogen (secondary N) is 4. The summed E-state index contributed by atoms with van der Waals surface area (Å²) in [5, 5.41) is 27.4. The van der Waals surface area contributed by atoms with Crippen molar-refractivity contribution >= 4 is 36.2 Å². The second-order valence-electron chi connectivity index (χ2n) is 18.5. The van der Waals surface area contributed by atoms with E-state index < -0.39 is 82.5 Å². The molecular weight excluding hydrogens is 901 g/mol. The Balaban J connectivity index is 1.05. The number of hydroxylamine groups is 1. The Morgan fingerprint density at radius 1 is 0.643 bits per heavy atom. The maximum absolute atomic E-state index is 16.5. The quantitative estimate of drug-likeness (QED) is 0.0222. The zero-order valence-electron chi connectivity index (χ0n) is 40.0. The molecule has 1 heterocycles. The fourth-order valence-corrected chi connectivity index (χ4v) is 8.75. The Bertz CT molecular complexity index is 2330. The molecule has 6 rings (SSSR count). The van der Waals surface area contributed by atoms with Crippen LogP contribution in [0.2, 0.25) is 0 Å². The third-order valence-electron chi connectivity index (χ3n) is 12.0. The Labute approximate surface area is 407 Å².